The van der Waals surface area contributed by atoms with Gasteiger partial charge in [-0.15, -0.1) is 10.2 Å². The van der Waals surface area contributed by atoms with Crippen LogP contribution in [-0.4, -0.2) is 41.2 Å². The molecule has 5 rings (SSSR count). The molecule has 1 N–H and O–H groups in total. The zero-order valence-electron chi connectivity index (χ0n) is 21.0. The smallest absolute Gasteiger partial charge is 0.251 e. The molecule has 0 bridgehead atoms. The summed E-state index contributed by atoms with van der Waals surface area (Å²) in [6.07, 6.45) is 0. The second-order valence-electron chi connectivity index (χ2n) is 8.82. The van der Waals surface area contributed by atoms with Crippen LogP contribution in [0.2, 0.25) is 5.02 Å². The number of nitrogens with one attached hydrogen (secondary N) is 1. The Kier molecular flexibility index (Phi) is 8.17. The van der Waals surface area contributed by atoms with Gasteiger partial charge in [0.1, 0.15) is 0 Å². The van der Waals surface area contributed by atoms with Gasteiger partial charge in [0.15, 0.2) is 22.5 Å². The summed E-state index contributed by atoms with van der Waals surface area (Å²) in [5.74, 6) is 2.65. The van der Waals surface area contributed by atoms with Crippen LogP contribution < -0.4 is 14.8 Å². The Hall–Kier alpha value is -3.53. The molecule has 0 spiro atoms. The van der Waals surface area contributed by atoms with E-state index in [4.69, 9.17) is 25.8 Å². The number of carbonyl (C=O) groups excluding carboxylic acids is 1. The fourth-order valence-electron chi connectivity index (χ4n) is 4.15. The van der Waals surface area contributed by atoms with Crippen LogP contribution in [0.3, 0.4) is 0 Å². The summed E-state index contributed by atoms with van der Waals surface area (Å²) < 4.78 is 18.2. The molecule has 38 heavy (non-hydrogen) atoms. The SMILES string of the molecule is COCC(C)n1c(SCc2ccc(C(=O)NCc3ccc4c(c3)OCO4)cc2)nnc1-c1ccccc1Cl. The fraction of sp³-hybridized carbons (Fsp3) is 0.250. The molecule has 1 unspecified atom stereocenters. The number of aromatic nitrogens is 3. The molecular formula is C28H27ClN4O4S. The molecule has 0 saturated carbocycles. The molecule has 1 atom stereocenters. The van der Waals surface area contributed by atoms with Crippen LogP contribution >= 0.6 is 23.4 Å². The van der Waals surface area contributed by atoms with Gasteiger partial charge in [-0.1, -0.05) is 53.7 Å². The Balaban J connectivity index is 1.23. The van der Waals surface area contributed by atoms with Crippen LogP contribution in [0.25, 0.3) is 11.4 Å². The molecule has 8 nitrogen and oxygen atoms in total. The average Bonchev–Trinajstić information content (AvgIpc) is 3.58. The highest BCUT2D eigenvalue weighted by Crippen LogP contribution is 2.34. The molecule has 2 heterocycles. The molecule has 1 aromatic heterocycles. The minimum atomic E-state index is -0.139. The number of thioether (sulfide) groups is 1. The lowest BCUT2D eigenvalue weighted by Gasteiger charge is -2.17. The first-order valence-electron chi connectivity index (χ1n) is 12.1. The molecule has 4 aromatic rings. The average molecular weight is 551 g/mol. The molecule has 1 amide bonds. The van der Waals surface area contributed by atoms with E-state index in [0.717, 1.165) is 27.6 Å². The summed E-state index contributed by atoms with van der Waals surface area (Å²) in [5, 5.41) is 13.2. The number of halogens is 1. The number of ether oxygens (including phenoxy) is 3. The minimum absolute atomic E-state index is 0.0135. The van der Waals surface area contributed by atoms with Crippen molar-refractivity contribution in [3.8, 4) is 22.9 Å². The zero-order valence-corrected chi connectivity index (χ0v) is 22.6. The topological polar surface area (TPSA) is 87.5 Å². The molecule has 10 heteroatoms. The van der Waals surface area contributed by atoms with Gasteiger partial charge in [0, 0.05) is 30.5 Å². The van der Waals surface area contributed by atoms with Crippen molar-refractivity contribution in [3.05, 3.63) is 88.4 Å². The lowest BCUT2D eigenvalue weighted by Crippen LogP contribution is -2.22. The predicted octanol–water partition coefficient (Wildman–Crippen LogP) is 5.76. The standard InChI is InChI=1S/C28H27ClN4O4S/c1-18(15-35-2)33-26(22-5-3-4-6-23(22)29)31-32-28(33)38-16-19-7-10-21(11-8-19)27(34)30-14-20-9-12-24-25(13-20)37-17-36-24/h3-13,18H,14-17H2,1-2H3,(H,30,34). The van der Waals surface area contributed by atoms with Gasteiger partial charge in [0.25, 0.3) is 5.91 Å². The van der Waals surface area contributed by atoms with E-state index >= 15 is 0 Å². The van der Waals surface area contributed by atoms with Gasteiger partial charge >= 0.3 is 0 Å². The van der Waals surface area contributed by atoms with E-state index in [1.165, 1.54) is 0 Å². The molecule has 0 aliphatic carbocycles. The first-order valence-corrected chi connectivity index (χ1v) is 13.5. The van der Waals surface area contributed by atoms with Gasteiger partial charge in [-0.3, -0.25) is 9.36 Å². The van der Waals surface area contributed by atoms with Crippen molar-refractivity contribution in [3.63, 3.8) is 0 Å². The molecule has 0 saturated heterocycles. The number of hydrogen-bond acceptors (Lipinski definition) is 7. The van der Waals surface area contributed by atoms with Crippen LogP contribution in [-0.2, 0) is 17.0 Å². The normalized spacial score (nSPS) is 12.9. The fourth-order valence-corrected chi connectivity index (χ4v) is 5.36. The van der Waals surface area contributed by atoms with Crippen molar-refractivity contribution in [2.24, 2.45) is 0 Å². The van der Waals surface area contributed by atoms with Crippen LogP contribution in [0.5, 0.6) is 11.5 Å². The summed E-state index contributed by atoms with van der Waals surface area (Å²) in [6, 6.07) is 20.8. The Labute approximate surface area is 230 Å². The van der Waals surface area contributed by atoms with E-state index < -0.39 is 0 Å². The predicted molar refractivity (Wildman–Crippen MR) is 147 cm³/mol. The van der Waals surface area contributed by atoms with Crippen molar-refractivity contribution >= 4 is 29.3 Å². The van der Waals surface area contributed by atoms with E-state index in [2.05, 4.69) is 27.0 Å². The van der Waals surface area contributed by atoms with Crippen molar-refractivity contribution in [1.29, 1.82) is 0 Å². The van der Waals surface area contributed by atoms with Gasteiger partial charge in [-0.25, -0.2) is 0 Å². The second kappa shape index (κ2) is 11.9. The third-order valence-corrected chi connectivity index (χ3v) is 7.45. The number of nitrogens with zero attached hydrogens (tertiary/aromatic N) is 3. The minimum Gasteiger partial charge on any atom is -0.454 e. The first-order chi connectivity index (χ1) is 18.5. The Morgan fingerprint density at radius 1 is 1.08 bits per heavy atom. The monoisotopic (exact) mass is 550 g/mol. The van der Waals surface area contributed by atoms with Crippen LogP contribution in [0, 0.1) is 0 Å². The highest BCUT2D eigenvalue weighted by atomic mass is 35.5. The Morgan fingerprint density at radius 2 is 1.84 bits per heavy atom. The third-order valence-electron chi connectivity index (χ3n) is 6.10. The second-order valence-corrected chi connectivity index (χ2v) is 10.2. The summed E-state index contributed by atoms with van der Waals surface area (Å²) >= 11 is 8.03. The van der Waals surface area contributed by atoms with E-state index in [0.29, 0.717) is 41.1 Å². The van der Waals surface area contributed by atoms with Crippen molar-refractivity contribution in [2.75, 3.05) is 20.5 Å². The summed E-state index contributed by atoms with van der Waals surface area (Å²) in [4.78, 5) is 12.7. The molecule has 196 valence electrons. The number of methoxy groups -OCH3 is 1. The van der Waals surface area contributed by atoms with Gasteiger partial charge in [-0.05, 0) is 54.4 Å². The third kappa shape index (κ3) is 5.80. The molecule has 0 radical (unpaired) electrons. The van der Waals surface area contributed by atoms with E-state index in [9.17, 15) is 4.79 Å². The maximum absolute atomic E-state index is 12.7. The number of amides is 1. The lowest BCUT2D eigenvalue weighted by molar-refractivity contribution is 0.0951. The maximum atomic E-state index is 12.7. The van der Waals surface area contributed by atoms with Crippen molar-refractivity contribution in [1.82, 2.24) is 20.1 Å². The maximum Gasteiger partial charge on any atom is 0.251 e. The molecule has 0 fully saturated rings. The van der Waals surface area contributed by atoms with Gasteiger partial charge < -0.3 is 19.5 Å². The van der Waals surface area contributed by atoms with Gasteiger partial charge in [0.2, 0.25) is 6.79 Å². The number of hydrogen-bond donors (Lipinski definition) is 1. The van der Waals surface area contributed by atoms with Crippen molar-refractivity contribution < 1.29 is 19.0 Å². The summed E-state index contributed by atoms with van der Waals surface area (Å²) in [6.45, 7) is 3.20. The van der Waals surface area contributed by atoms with E-state index in [1.54, 1.807) is 18.9 Å². The van der Waals surface area contributed by atoms with Gasteiger partial charge in [0.05, 0.1) is 17.7 Å². The number of carbonyl (C=O) groups is 1. The van der Waals surface area contributed by atoms with E-state index in [-0.39, 0.29) is 18.7 Å². The highest BCUT2D eigenvalue weighted by Gasteiger charge is 2.21. The summed E-state index contributed by atoms with van der Waals surface area (Å²) in [7, 11) is 1.68. The lowest BCUT2D eigenvalue weighted by atomic mass is 10.1. The molecule has 3 aromatic carbocycles. The van der Waals surface area contributed by atoms with Gasteiger partial charge in [-0.2, -0.15) is 0 Å². The molecular weight excluding hydrogens is 524 g/mol. The van der Waals surface area contributed by atoms with Crippen LogP contribution in [0.15, 0.2) is 71.9 Å². The van der Waals surface area contributed by atoms with Crippen LogP contribution in [0.4, 0.5) is 0 Å². The molecule has 1 aliphatic heterocycles. The first kappa shape index (κ1) is 26.1. The Morgan fingerprint density at radius 3 is 2.63 bits per heavy atom. The zero-order chi connectivity index (χ0) is 26.5. The number of benzene rings is 3. The largest absolute Gasteiger partial charge is 0.454 e. The molecule has 1 aliphatic rings. The summed E-state index contributed by atoms with van der Waals surface area (Å²) in [5.41, 5.74) is 3.43. The van der Waals surface area contributed by atoms with Crippen LogP contribution in [0.1, 0.15) is 34.5 Å². The quantitative estimate of drug-likeness (QED) is 0.251. The van der Waals surface area contributed by atoms with Crippen molar-refractivity contribution in [2.45, 2.75) is 30.4 Å². The highest BCUT2D eigenvalue weighted by molar-refractivity contribution is 7.98. The van der Waals surface area contributed by atoms with E-state index in [1.807, 2.05) is 66.7 Å². The Bertz CT molecular complexity index is 1430. The number of rotatable bonds is 10. The number of fused-ring (bicyclic) bond motifs is 1.